The molecule has 2 nitrogen and oxygen atoms in total. The van der Waals surface area contributed by atoms with Crippen molar-refractivity contribution in [1.29, 1.82) is 0 Å². The van der Waals surface area contributed by atoms with Gasteiger partial charge in [-0.3, -0.25) is 4.79 Å². The predicted molar refractivity (Wildman–Crippen MR) is 59.2 cm³/mol. The summed E-state index contributed by atoms with van der Waals surface area (Å²) in [4.78, 5) is 11.0. The second-order valence-corrected chi connectivity index (χ2v) is 3.38. The molecular formula is C13H9FNO. The highest BCUT2D eigenvalue weighted by Crippen LogP contribution is 2.20. The molecule has 79 valence electrons. The van der Waals surface area contributed by atoms with Gasteiger partial charge in [0.25, 0.3) is 0 Å². The summed E-state index contributed by atoms with van der Waals surface area (Å²) in [5.41, 5.74) is 6.99. The molecule has 1 radical (unpaired) electrons. The van der Waals surface area contributed by atoms with E-state index in [4.69, 9.17) is 5.73 Å². The number of carbonyl (C=O) groups excluding carboxylic acids is 1. The lowest BCUT2D eigenvalue weighted by Crippen LogP contribution is -2.10. The molecule has 1 amide bonds. The largest absolute Gasteiger partial charge is 0.366 e. The van der Waals surface area contributed by atoms with E-state index in [-0.39, 0.29) is 5.82 Å². The molecule has 0 aliphatic rings. The number of primary amides is 1. The Kier molecular flexibility index (Phi) is 2.68. The second kappa shape index (κ2) is 4.14. The van der Waals surface area contributed by atoms with Crippen molar-refractivity contribution >= 4 is 5.91 Å². The maximum atomic E-state index is 13.0. The van der Waals surface area contributed by atoms with Crippen LogP contribution in [-0.4, -0.2) is 5.91 Å². The highest BCUT2D eigenvalue weighted by Gasteiger charge is 2.03. The average molecular weight is 214 g/mol. The normalized spacial score (nSPS) is 10.1. The van der Waals surface area contributed by atoms with E-state index in [1.165, 1.54) is 12.1 Å². The van der Waals surface area contributed by atoms with Crippen molar-refractivity contribution in [1.82, 2.24) is 0 Å². The zero-order chi connectivity index (χ0) is 11.5. The third kappa shape index (κ3) is 2.08. The lowest BCUT2D eigenvalue weighted by molar-refractivity contribution is 0.100. The number of carbonyl (C=O) groups is 1. The summed E-state index contributed by atoms with van der Waals surface area (Å²) in [6, 6.07) is 13.7. The molecule has 2 rings (SSSR count). The van der Waals surface area contributed by atoms with Crippen LogP contribution in [-0.2, 0) is 0 Å². The summed E-state index contributed by atoms with van der Waals surface area (Å²) < 4.78 is 13.0. The van der Waals surface area contributed by atoms with Crippen molar-refractivity contribution in [2.75, 3.05) is 0 Å². The number of halogens is 1. The quantitative estimate of drug-likeness (QED) is 0.819. The van der Waals surface area contributed by atoms with E-state index in [2.05, 4.69) is 6.07 Å². The number of amides is 1. The van der Waals surface area contributed by atoms with Gasteiger partial charge in [0.1, 0.15) is 5.82 Å². The zero-order valence-electron chi connectivity index (χ0n) is 8.41. The summed E-state index contributed by atoms with van der Waals surface area (Å²) in [6.45, 7) is 0. The van der Waals surface area contributed by atoms with E-state index in [1.807, 2.05) is 0 Å². The van der Waals surface area contributed by atoms with Gasteiger partial charge in [-0.15, -0.1) is 0 Å². The molecule has 16 heavy (non-hydrogen) atoms. The molecule has 0 spiro atoms. The highest BCUT2D eigenvalue weighted by atomic mass is 19.1. The van der Waals surface area contributed by atoms with E-state index >= 15 is 0 Å². The molecular weight excluding hydrogens is 205 g/mol. The minimum Gasteiger partial charge on any atom is -0.366 e. The van der Waals surface area contributed by atoms with Crippen molar-refractivity contribution in [3.05, 3.63) is 59.9 Å². The number of hydrogen-bond acceptors (Lipinski definition) is 1. The van der Waals surface area contributed by atoms with Crippen LogP contribution in [0.3, 0.4) is 0 Å². The second-order valence-electron chi connectivity index (χ2n) is 3.38. The zero-order valence-corrected chi connectivity index (χ0v) is 8.41. The Morgan fingerprint density at radius 3 is 2.69 bits per heavy atom. The van der Waals surface area contributed by atoms with Gasteiger partial charge in [-0.2, -0.15) is 0 Å². The van der Waals surface area contributed by atoms with E-state index in [0.29, 0.717) is 11.1 Å². The molecule has 0 heterocycles. The number of hydrogen-bond donors (Lipinski definition) is 1. The van der Waals surface area contributed by atoms with Crippen LogP contribution in [0.2, 0.25) is 0 Å². The summed E-state index contributed by atoms with van der Waals surface area (Å²) >= 11 is 0. The topological polar surface area (TPSA) is 43.1 Å². The van der Waals surface area contributed by atoms with Crippen LogP contribution in [0.5, 0.6) is 0 Å². The monoisotopic (exact) mass is 214 g/mol. The molecule has 0 aliphatic heterocycles. The first-order valence-corrected chi connectivity index (χ1v) is 4.74. The molecule has 0 saturated carbocycles. The first kappa shape index (κ1) is 10.4. The van der Waals surface area contributed by atoms with Crippen molar-refractivity contribution in [3.63, 3.8) is 0 Å². The Balaban J connectivity index is 2.48. The van der Waals surface area contributed by atoms with Crippen LogP contribution in [0.25, 0.3) is 11.1 Å². The molecule has 2 aromatic rings. The molecule has 2 N–H and O–H groups in total. The molecule has 0 saturated heterocycles. The Labute approximate surface area is 92.5 Å². The van der Waals surface area contributed by atoms with Crippen molar-refractivity contribution in [2.45, 2.75) is 0 Å². The maximum absolute atomic E-state index is 13.0. The first-order valence-electron chi connectivity index (χ1n) is 4.74. The molecule has 0 aromatic heterocycles. The first-order chi connectivity index (χ1) is 7.66. The Morgan fingerprint density at radius 1 is 1.19 bits per heavy atom. The maximum Gasteiger partial charge on any atom is 0.248 e. The third-order valence-electron chi connectivity index (χ3n) is 2.23. The van der Waals surface area contributed by atoms with Crippen LogP contribution in [0.4, 0.5) is 4.39 Å². The van der Waals surface area contributed by atoms with E-state index in [9.17, 15) is 9.18 Å². The average Bonchev–Trinajstić information content (AvgIpc) is 2.29. The van der Waals surface area contributed by atoms with Gasteiger partial charge in [0.15, 0.2) is 0 Å². The van der Waals surface area contributed by atoms with Gasteiger partial charge < -0.3 is 5.73 Å². The van der Waals surface area contributed by atoms with Gasteiger partial charge in [0.05, 0.1) is 0 Å². The van der Waals surface area contributed by atoms with Crippen LogP contribution in [0, 0.1) is 11.9 Å². The lowest BCUT2D eigenvalue weighted by Gasteiger charge is -2.03. The van der Waals surface area contributed by atoms with Gasteiger partial charge in [0.2, 0.25) is 5.91 Å². The highest BCUT2D eigenvalue weighted by molar-refractivity contribution is 5.94. The summed E-state index contributed by atoms with van der Waals surface area (Å²) in [6.07, 6.45) is 0. The van der Waals surface area contributed by atoms with Crippen molar-refractivity contribution < 1.29 is 9.18 Å². The summed E-state index contributed by atoms with van der Waals surface area (Å²) in [5.74, 6) is -0.857. The molecule has 0 unspecified atom stereocenters. The fourth-order valence-electron chi connectivity index (χ4n) is 1.46. The van der Waals surface area contributed by atoms with Crippen LogP contribution in [0.1, 0.15) is 10.4 Å². The van der Waals surface area contributed by atoms with Crippen molar-refractivity contribution in [3.8, 4) is 11.1 Å². The fraction of sp³-hybridized carbons (Fsp3) is 0. The summed E-state index contributed by atoms with van der Waals surface area (Å²) in [5, 5.41) is 0. The van der Waals surface area contributed by atoms with Gasteiger partial charge >= 0.3 is 0 Å². The van der Waals surface area contributed by atoms with E-state index in [0.717, 1.165) is 5.56 Å². The Bertz CT molecular complexity index is 537. The Hall–Kier alpha value is -2.16. The van der Waals surface area contributed by atoms with Gasteiger partial charge in [-0.1, -0.05) is 12.1 Å². The molecule has 0 bridgehead atoms. The molecule has 0 atom stereocenters. The standard InChI is InChI=1S/C13H9FNO/c14-12-6-2-4-10(8-12)9-3-1-5-11(7-9)13(15)16/h1,3-8H,(H2,15,16). The minimum atomic E-state index is -0.498. The van der Waals surface area contributed by atoms with E-state index in [1.54, 1.807) is 30.3 Å². The van der Waals surface area contributed by atoms with Crippen LogP contribution >= 0.6 is 0 Å². The fourth-order valence-corrected chi connectivity index (χ4v) is 1.46. The van der Waals surface area contributed by atoms with Crippen LogP contribution < -0.4 is 5.73 Å². The van der Waals surface area contributed by atoms with Gasteiger partial charge in [-0.05, 0) is 47.5 Å². The van der Waals surface area contributed by atoms with Gasteiger partial charge in [0, 0.05) is 5.56 Å². The predicted octanol–water partition coefficient (Wildman–Crippen LogP) is 2.39. The Morgan fingerprint density at radius 2 is 2.00 bits per heavy atom. The molecule has 3 heteroatoms. The van der Waals surface area contributed by atoms with Crippen LogP contribution in [0.15, 0.2) is 42.5 Å². The summed E-state index contributed by atoms with van der Waals surface area (Å²) in [7, 11) is 0. The van der Waals surface area contributed by atoms with Gasteiger partial charge in [-0.25, -0.2) is 4.39 Å². The number of nitrogens with two attached hydrogens (primary N) is 1. The van der Waals surface area contributed by atoms with Crippen molar-refractivity contribution in [2.24, 2.45) is 5.73 Å². The SMILES string of the molecule is NC(=O)c1cccc(-c2c[c]cc(F)c2)c1. The number of rotatable bonds is 2. The lowest BCUT2D eigenvalue weighted by atomic mass is 10.0. The molecule has 0 aliphatic carbocycles. The third-order valence-corrected chi connectivity index (χ3v) is 2.23. The number of benzene rings is 2. The smallest absolute Gasteiger partial charge is 0.248 e. The molecule has 2 aromatic carbocycles. The molecule has 0 fully saturated rings. The van der Waals surface area contributed by atoms with E-state index < -0.39 is 5.91 Å². The minimum absolute atomic E-state index is 0.359.